The molecule has 0 saturated heterocycles. The van der Waals surface area contributed by atoms with Crippen LogP contribution in [-0.2, 0) is 26.2 Å². The first-order valence-corrected chi connectivity index (χ1v) is 13.0. The number of anilines is 1. The van der Waals surface area contributed by atoms with Crippen LogP contribution in [0.3, 0.4) is 0 Å². The van der Waals surface area contributed by atoms with E-state index in [9.17, 15) is 18.0 Å². The average molecular weight is 514 g/mol. The van der Waals surface area contributed by atoms with Crippen LogP contribution < -0.4 is 9.62 Å². The lowest BCUT2D eigenvalue weighted by molar-refractivity contribution is -0.139. The third kappa shape index (κ3) is 7.35. The zero-order valence-corrected chi connectivity index (χ0v) is 21.6. The molecule has 7 nitrogen and oxygen atoms in total. The first-order chi connectivity index (χ1) is 15.3. The van der Waals surface area contributed by atoms with Crippen molar-refractivity contribution in [1.82, 2.24) is 10.2 Å². The zero-order chi connectivity index (χ0) is 24.9. The molecule has 0 heterocycles. The van der Waals surface area contributed by atoms with Crippen LogP contribution in [0.15, 0.2) is 42.5 Å². The van der Waals surface area contributed by atoms with Crippen LogP contribution in [0.1, 0.15) is 31.9 Å². The molecule has 2 aromatic carbocycles. The number of rotatable bonds is 9. The maximum absolute atomic E-state index is 13.5. The molecule has 33 heavy (non-hydrogen) atoms. The summed E-state index contributed by atoms with van der Waals surface area (Å²) >= 11 is 12.6. The van der Waals surface area contributed by atoms with Gasteiger partial charge in [0, 0.05) is 28.2 Å². The van der Waals surface area contributed by atoms with Gasteiger partial charge in [-0.3, -0.25) is 13.9 Å². The molecule has 2 amide bonds. The summed E-state index contributed by atoms with van der Waals surface area (Å²) in [7, 11) is -3.78. The van der Waals surface area contributed by atoms with Crippen LogP contribution in [0.5, 0.6) is 0 Å². The Labute approximate surface area is 205 Å². The van der Waals surface area contributed by atoms with E-state index in [4.69, 9.17) is 23.2 Å². The highest BCUT2D eigenvalue weighted by atomic mass is 35.5. The number of aryl methyl sites for hydroxylation is 1. The summed E-state index contributed by atoms with van der Waals surface area (Å²) in [6, 6.07) is 10.7. The number of halogens is 2. The Balaban J connectivity index is 2.44. The molecule has 180 valence electrons. The maximum Gasteiger partial charge on any atom is 0.244 e. The summed E-state index contributed by atoms with van der Waals surface area (Å²) in [6.45, 7) is 6.54. The summed E-state index contributed by atoms with van der Waals surface area (Å²) in [5, 5.41) is 3.47. The fourth-order valence-electron chi connectivity index (χ4n) is 3.17. The molecule has 0 radical (unpaired) electrons. The molecule has 0 aromatic heterocycles. The predicted octanol–water partition coefficient (Wildman–Crippen LogP) is 4.01. The first-order valence-electron chi connectivity index (χ1n) is 10.4. The monoisotopic (exact) mass is 513 g/mol. The van der Waals surface area contributed by atoms with E-state index in [1.165, 1.54) is 4.90 Å². The number of hydrogen-bond donors (Lipinski definition) is 1. The largest absolute Gasteiger partial charge is 0.352 e. The van der Waals surface area contributed by atoms with Crippen molar-refractivity contribution in [3.8, 4) is 0 Å². The van der Waals surface area contributed by atoms with E-state index in [0.717, 1.165) is 16.1 Å². The first kappa shape index (κ1) is 27.0. The van der Waals surface area contributed by atoms with Gasteiger partial charge in [-0.1, -0.05) is 47.0 Å². The number of benzene rings is 2. The van der Waals surface area contributed by atoms with Crippen LogP contribution in [0.25, 0.3) is 0 Å². The minimum atomic E-state index is -3.78. The molecule has 2 aromatic rings. The minimum absolute atomic E-state index is 0.0600. The van der Waals surface area contributed by atoms with Crippen molar-refractivity contribution in [3.63, 3.8) is 0 Å². The van der Waals surface area contributed by atoms with Crippen LogP contribution in [0, 0.1) is 6.92 Å². The molecular formula is C23H29Cl2N3O4S. The lowest BCUT2D eigenvalue weighted by atomic mass is 10.1. The molecule has 0 fully saturated rings. The number of sulfonamides is 1. The number of carbonyl (C=O) groups excluding carboxylic acids is 2. The van der Waals surface area contributed by atoms with Gasteiger partial charge in [0.2, 0.25) is 21.8 Å². The molecule has 0 aliphatic carbocycles. The molecule has 2 rings (SSSR count). The van der Waals surface area contributed by atoms with Crippen LogP contribution in [0.2, 0.25) is 10.0 Å². The zero-order valence-electron chi connectivity index (χ0n) is 19.3. The summed E-state index contributed by atoms with van der Waals surface area (Å²) < 4.78 is 26.1. The number of hydrogen-bond acceptors (Lipinski definition) is 4. The van der Waals surface area contributed by atoms with Gasteiger partial charge in [0.15, 0.2) is 0 Å². The van der Waals surface area contributed by atoms with Gasteiger partial charge in [-0.15, -0.1) is 0 Å². The van der Waals surface area contributed by atoms with Gasteiger partial charge in [-0.25, -0.2) is 8.42 Å². The maximum atomic E-state index is 13.5. The number of carbonyl (C=O) groups is 2. The molecule has 0 bridgehead atoms. The van der Waals surface area contributed by atoms with Gasteiger partial charge in [-0.2, -0.15) is 0 Å². The SMILES string of the molecule is Cc1ccc(N(CC(=O)N(Cc2c(Cl)cccc2Cl)C(C)C(=O)NC(C)C)S(C)(=O)=O)cc1. The summed E-state index contributed by atoms with van der Waals surface area (Å²) in [6.07, 6.45) is 1.03. The van der Waals surface area contributed by atoms with Crippen molar-refractivity contribution in [1.29, 1.82) is 0 Å². The second kappa shape index (κ2) is 11.2. The third-order valence-corrected chi connectivity index (χ3v) is 6.84. The standard InChI is InChI=1S/C23H29Cl2N3O4S/c1-15(2)26-23(30)17(4)27(13-19-20(24)7-6-8-21(19)25)22(29)14-28(33(5,31)32)18-11-9-16(3)10-12-18/h6-12,15,17H,13-14H2,1-5H3,(H,26,30). The second-order valence-corrected chi connectivity index (χ2v) is 10.9. The van der Waals surface area contributed by atoms with Crippen LogP contribution >= 0.6 is 23.2 Å². The normalized spacial score (nSPS) is 12.4. The predicted molar refractivity (Wildman–Crippen MR) is 133 cm³/mol. The van der Waals surface area contributed by atoms with Gasteiger partial charge in [-0.05, 0) is 52.0 Å². The molecule has 1 N–H and O–H groups in total. The quantitative estimate of drug-likeness (QED) is 0.548. The molecule has 1 atom stereocenters. The molecule has 0 spiro atoms. The van der Waals surface area contributed by atoms with E-state index in [-0.39, 0.29) is 18.5 Å². The van der Waals surface area contributed by atoms with Crippen molar-refractivity contribution in [2.45, 2.75) is 46.3 Å². The number of nitrogens with one attached hydrogen (secondary N) is 1. The Morgan fingerprint density at radius 3 is 2.03 bits per heavy atom. The summed E-state index contributed by atoms with van der Waals surface area (Å²) in [5.41, 5.74) is 1.78. The van der Waals surface area contributed by atoms with E-state index < -0.39 is 28.5 Å². The third-order valence-electron chi connectivity index (χ3n) is 4.99. The fourth-order valence-corrected chi connectivity index (χ4v) is 4.53. The van der Waals surface area contributed by atoms with E-state index in [0.29, 0.717) is 21.3 Å². The lowest BCUT2D eigenvalue weighted by Crippen LogP contribution is -2.52. The van der Waals surface area contributed by atoms with Crippen molar-refractivity contribution >= 4 is 50.7 Å². The Hall–Kier alpha value is -2.29. The molecule has 0 saturated carbocycles. The lowest BCUT2D eigenvalue weighted by Gasteiger charge is -2.32. The Morgan fingerprint density at radius 2 is 1.55 bits per heavy atom. The second-order valence-electron chi connectivity index (χ2n) is 8.17. The van der Waals surface area contributed by atoms with Crippen molar-refractivity contribution in [2.75, 3.05) is 17.1 Å². The van der Waals surface area contributed by atoms with E-state index in [2.05, 4.69) is 5.32 Å². The highest BCUT2D eigenvalue weighted by molar-refractivity contribution is 7.92. The van der Waals surface area contributed by atoms with Gasteiger partial charge in [0.25, 0.3) is 0 Å². The van der Waals surface area contributed by atoms with Crippen molar-refractivity contribution < 1.29 is 18.0 Å². The highest BCUT2D eigenvalue weighted by Gasteiger charge is 2.31. The van der Waals surface area contributed by atoms with Gasteiger partial charge in [0.05, 0.1) is 11.9 Å². The van der Waals surface area contributed by atoms with Gasteiger partial charge >= 0.3 is 0 Å². The van der Waals surface area contributed by atoms with E-state index in [1.807, 2.05) is 20.8 Å². The minimum Gasteiger partial charge on any atom is -0.352 e. The van der Waals surface area contributed by atoms with Crippen LogP contribution in [-0.4, -0.2) is 50.0 Å². The van der Waals surface area contributed by atoms with Crippen LogP contribution in [0.4, 0.5) is 5.69 Å². The van der Waals surface area contributed by atoms with E-state index in [1.54, 1.807) is 49.4 Å². The molecule has 10 heteroatoms. The Bertz CT molecular complexity index is 1080. The highest BCUT2D eigenvalue weighted by Crippen LogP contribution is 2.27. The Morgan fingerprint density at radius 1 is 1.00 bits per heavy atom. The van der Waals surface area contributed by atoms with Crippen molar-refractivity contribution in [3.05, 3.63) is 63.6 Å². The number of nitrogens with zero attached hydrogens (tertiary/aromatic N) is 2. The van der Waals surface area contributed by atoms with Gasteiger partial charge in [0.1, 0.15) is 12.6 Å². The fraction of sp³-hybridized carbons (Fsp3) is 0.391. The topological polar surface area (TPSA) is 86.8 Å². The van der Waals surface area contributed by atoms with Crippen molar-refractivity contribution in [2.24, 2.45) is 0 Å². The molecule has 1 unspecified atom stereocenters. The summed E-state index contributed by atoms with van der Waals surface area (Å²) in [4.78, 5) is 27.5. The smallest absolute Gasteiger partial charge is 0.244 e. The Kier molecular flexibility index (Phi) is 9.17. The van der Waals surface area contributed by atoms with E-state index >= 15 is 0 Å². The average Bonchev–Trinajstić information content (AvgIpc) is 2.70. The molecular weight excluding hydrogens is 485 g/mol. The summed E-state index contributed by atoms with van der Waals surface area (Å²) in [5.74, 6) is -0.939. The molecule has 0 aliphatic heterocycles. The molecule has 0 aliphatic rings. The number of amides is 2. The van der Waals surface area contributed by atoms with Gasteiger partial charge < -0.3 is 10.2 Å².